The number of β-amino-alcohol motifs (C(OH)–C–C–N with tert-alkyl or cyclic N) is 1. The Morgan fingerprint density at radius 1 is 1.03 bits per heavy atom. The Balaban J connectivity index is 1.42. The van der Waals surface area contributed by atoms with Crippen LogP contribution < -0.4 is 10.1 Å². The van der Waals surface area contributed by atoms with Gasteiger partial charge in [-0.1, -0.05) is 30.3 Å². The van der Waals surface area contributed by atoms with Gasteiger partial charge in [0.25, 0.3) is 0 Å². The predicted octanol–water partition coefficient (Wildman–Crippen LogP) is 2.51. The second kappa shape index (κ2) is 10.6. The Morgan fingerprint density at radius 3 is 2.25 bits per heavy atom. The number of hydrogen-bond donors (Lipinski definition) is 2. The molecule has 0 bridgehead atoms. The average Bonchev–Trinajstić information content (AvgIpc) is 2.79. The minimum Gasteiger partial charge on any atom is -0.491 e. The number of nitrogens with one attached hydrogen (secondary N) is 1. The van der Waals surface area contributed by atoms with Crippen LogP contribution in [0, 0.1) is 0 Å². The number of hydrogen-bond acceptors (Lipinski definition) is 5. The Morgan fingerprint density at radius 2 is 1.66 bits per heavy atom. The van der Waals surface area contributed by atoms with Gasteiger partial charge in [0.05, 0.1) is 5.41 Å². The predicted molar refractivity (Wildman–Crippen MR) is 125 cm³/mol. The number of aliphatic hydroxyl groups is 1. The molecule has 172 valence electrons. The lowest BCUT2D eigenvalue weighted by Gasteiger charge is -2.39. The van der Waals surface area contributed by atoms with Gasteiger partial charge in [0.2, 0.25) is 11.8 Å². The number of ether oxygens (including phenoxy) is 1. The highest BCUT2D eigenvalue weighted by Crippen LogP contribution is 2.26. The van der Waals surface area contributed by atoms with E-state index in [0.29, 0.717) is 31.1 Å². The fraction of sp³-hybridized carbons (Fsp3) is 0.440. The molecule has 1 fully saturated rings. The molecule has 2 aromatic rings. The van der Waals surface area contributed by atoms with Crippen molar-refractivity contribution in [3.63, 3.8) is 0 Å². The molecule has 0 spiro atoms. The van der Waals surface area contributed by atoms with Gasteiger partial charge < -0.3 is 20.1 Å². The zero-order valence-corrected chi connectivity index (χ0v) is 19.1. The number of rotatable bonds is 8. The summed E-state index contributed by atoms with van der Waals surface area (Å²) >= 11 is 0. The number of piperazine rings is 1. The van der Waals surface area contributed by atoms with Crippen LogP contribution in [0.4, 0.5) is 5.69 Å². The van der Waals surface area contributed by atoms with E-state index in [-0.39, 0.29) is 18.4 Å². The van der Waals surface area contributed by atoms with Crippen LogP contribution in [0.3, 0.4) is 0 Å². The van der Waals surface area contributed by atoms with E-state index in [0.717, 1.165) is 18.7 Å². The zero-order chi connectivity index (χ0) is 23.1. The molecule has 0 radical (unpaired) electrons. The molecule has 2 amide bonds. The number of amides is 2. The van der Waals surface area contributed by atoms with Crippen molar-refractivity contribution in [2.75, 3.05) is 44.6 Å². The lowest BCUT2D eigenvalue weighted by molar-refractivity contribution is -0.138. The van der Waals surface area contributed by atoms with E-state index in [4.69, 9.17) is 4.74 Å². The maximum absolute atomic E-state index is 13.1. The minimum absolute atomic E-state index is 0.125. The highest BCUT2D eigenvalue weighted by Gasteiger charge is 2.35. The largest absolute Gasteiger partial charge is 0.491 e. The molecule has 0 aliphatic carbocycles. The van der Waals surface area contributed by atoms with Gasteiger partial charge in [-0.2, -0.15) is 0 Å². The van der Waals surface area contributed by atoms with Crippen LogP contribution in [0.25, 0.3) is 0 Å². The van der Waals surface area contributed by atoms with Crippen molar-refractivity contribution in [2.45, 2.75) is 32.3 Å². The summed E-state index contributed by atoms with van der Waals surface area (Å²) < 4.78 is 5.67. The molecule has 2 aromatic carbocycles. The SMILES string of the molecule is CC(=O)Nc1ccc(OCC(O)CN2CCN(C(=O)C(C)(C)c3ccccc3)CC2)cc1. The summed E-state index contributed by atoms with van der Waals surface area (Å²) in [5.74, 6) is 0.645. The third-order valence-corrected chi connectivity index (χ3v) is 5.78. The number of benzene rings is 2. The molecule has 2 N–H and O–H groups in total. The number of anilines is 1. The second-order valence-electron chi connectivity index (χ2n) is 8.75. The van der Waals surface area contributed by atoms with E-state index in [9.17, 15) is 14.7 Å². The number of carbonyl (C=O) groups is 2. The molecule has 1 unspecified atom stereocenters. The van der Waals surface area contributed by atoms with Crippen LogP contribution in [0.5, 0.6) is 5.75 Å². The molecular weight excluding hydrogens is 406 g/mol. The first-order valence-electron chi connectivity index (χ1n) is 11.0. The first-order valence-corrected chi connectivity index (χ1v) is 11.0. The van der Waals surface area contributed by atoms with Crippen molar-refractivity contribution in [2.24, 2.45) is 0 Å². The van der Waals surface area contributed by atoms with Gasteiger partial charge in [0, 0.05) is 45.3 Å². The second-order valence-corrected chi connectivity index (χ2v) is 8.75. The molecule has 1 aliphatic rings. The van der Waals surface area contributed by atoms with Gasteiger partial charge in [-0.25, -0.2) is 0 Å². The van der Waals surface area contributed by atoms with Crippen LogP contribution in [0.15, 0.2) is 54.6 Å². The minimum atomic E-state index is -0.631. The topological polar surface area (TPSA) is 82.1 Å². The Kier molecular flexibility index (Phi) is 7.88. The summed E-state index contributed by atoms with van der Waals surface area (Å²) in [4.78, 5) is 28.3. The fourth-order valence-corrected chi connectivity index (χ4v) is 3.89. The van der Waals surface area contributed by atoms with Crippen LogP contribution in [0.1, 0.15) is 26.3 Å². The van der Waals surface area contributed by atoms with E-state index in [1.54, 1.807) is 24.3 Å². The normalized spacial score (nSPS) is 15.8. The Labute approximate surface area is 190 Å². The molecule has 32 heavy (non-hydrogen) atoms. The van der Waals surface area contributed by atoms with E-state index in [2.05, 4.69) is 10.2 Å². The van der Waals surface area contributed by atoms with Crippen molar-refractivity contribution in [3.8, 4) is 5.75 Å². The fourth-order valence-electron chi connectivity index (χ4n) is 3.89. The first-order chi connectivity index (χ1) is 15.3. The highest BCUT2D eigenvalue weighted by atomic mass is 16.5. The molecule has 1 heterocycles. The standard InChI is InChI=1S/C25H33N3O4/c1-19(29)26-21-9-11-23(12-10-21)32-18-22(30)17-27-13-15-28(16-14-27)24(31)25(2,3)20-7-5-4-6-8-20/h4-12,22,30H,13-18H2,1-3H3,(H,26,29). The molecule has 1 atom stereocenters. The van der Waals surface area contributed by atoms with Crippen molar-refractivity contribution < 1.29 is 19.4 Å². The average molecular weight is 440 g/mol. The Hall–Kier alpha value is -2.90. The summed E-state index contributed by atoms with van der Waals surface area (Å²) in [5, 5.41) is 13.1. The van der Waals surface area contributed by atoms with E-state index >= 15 is 0 Å². The molecule has 7 heteroatoms. The maximum Gasteiger partial charge on any atom is 0.232 e. The smallest absolute Gasteiger partial charge is 0.232 e. The molecule has 0 saturated carbocycles. The van der Waals surface area contributed by atoms with Crippen LogP contribution in [0.2, 0.25) is 0 Å². The van der Waals surface area contributed by atoms with Crippen molar-refractivity contribution >= 4 is 17.5 Å². The molecular formula is C25H33N3O4. The van der Waals surface area contributed by atoms with Gasteiger partial charge in [0.1, 0.15) is 18.5 Å². The summed E-state index contributed by atoms with van der Waals surface area (Å²) in [5.41, 5.74) is 1.16. The quantitative estimate of drug-likeness (QED) is 0.661. The third kappa shape index (κ3) is 6.31. The molecule has 1 saturated heterocycles. The number of carbonyl (C=O) groups excluding carboxylic acids is 2. The van der Waals surface area contributed by atoms with Gasteiger partial charge >= 0.3 is 0 Å². The summed E-state index contributed by atoms with van der Waals surface area (Å²) in [7, 11) is 0. The van der Waals surface area contributed by atoms with E-state index in [1.807, 2.05) is 49.1 Å². The van der Waals surface area contributed by atoms with E-state index < -0.39 is 11.5 Å². The lowest BCUT2D eigenvalue weighted by Crippen LogP contribution is -2.54. The van der Waals surface area contributed by atoms with Crippen molar-refractivity contribution in [1.29, 1.82) is 0 Å². The van der Waals surface area contributed by atoms with E-state index in [1.165, 1.54) is 6.92 Å². The maximum atomic E-state index is 13.1. The molecule has 3 rings (SSSR count). The lowest BCUT2D eigenvalue weighted by atomic mass is 9.83. The van der Waals surface area contributed by atoms with Crippen molar-refractivity contribution in [3.05, 3.63) is 60.2 Å². The van der Waals surface area contributed by atoms with Gasteiger partial charge in [-0.05, 0) is 43.7 Å². The van der Waals surface area contributed by atoms with Gasteiger partial charge in [-0.15, -0.1) is 0 Å². The Bertz CT molecular complexity index is 891. The molecule has 7 nitrogen and oxygen atoms in total. The van der Waals surface area contributed by atoms with Crippen molar-refractivity contribution in [1.82, 2.24) is 9.80 Å². The van der Waals surface area contributed by atoms with Crippen LogP contribution in [-0.2, 0) is 15.0 Å². The zero-order valence-electron chi connectivity index (χ0n) is 19.1. The first kappa shape index (κ1) is 23.8. The van der Waals surface area contributed by atoms with Gasteiger partial charge in [0.15, 0.2) is 0 Å². The van der Waals surface area contributed by atoms with Gasteiger partial charge in [-0.3, -0.25) is 14.5 Å². The third-order valence-electron chi connectivity index (χ3n) is 5.78. The summed E-state index contributed by atoms with van der Waals surface area (Å²) in [6.07, 6.45) is -0.631. The molecule has 1 aliphatic heterocycles. The highest BCUT2D eigenvalue weighted by molar-refractivity contribution is 5.88. The number of nitrogens with zero attached hydrogens (tertiary/aromatic N) is 2. The van der Waals surface area contributed by atoms with Crippen LogP contribution >= 0.6 is 0 Å². The van der Waals surface area contributed by atoms with Crippen LogP contribution in [-0.4, -0.2) is 72.2 Å². The number of aliphatic hydroxyl groups excluding tert-OH is 1. The molecule has 0 aromatic heterocycles. The summed E-state index contributed by atoms with van der Waals surface area (Å²) in [6.45, 7) is 8.81. The monoisotopic (exact) mass is 439 g/mol. The summed E-state index contributed by atoms with van der Waals surface area (Å²) in [6, 6.07) is 16.9.